The maximum Gasteiger partial charge on any atom is 0.204 e. The van der Waals surface area contributed by atoms with E-state index in [2.05, 4.69) is 0 Å². The van der Waals surface area contributed by atoms with E-state index in [1.165, 1.54) is 26.4 Å². The number of hydrogen-bond acceptors (Lipinski definition) is 7. The molecule has 0 unspecified atom stereocenters. The van der Waals surface area contributed by atoms with Crippen molar-refractivity contribution >= 4 is 11.0 Å². The summed E-state index contributed by atoms with van der Waals surface area (Å²) in [6.07, 6.45) is 1.13. The van der Waals surface area contributed by atoms with Gasteiger partial charge in [0.2, 0.25) is 11.2 Å². The number of phenolic OH excluding ortho intramolecular Hbond substituents is 3. The molecule has 1 heterocycles. The molecule has 7 nitrogen and oxygen atoms in total. The van der Waals surface area contributed by atoms with E-state index in [0.29, 0.717) is 5.75 Å². The van der Waals surface area contributed by atoms with Crippen LogP contribution in [-0.2, 0) is 0 Å². The van der Waals surface area contributed by atoms with Crippen LogP contribution < -0.4 is 14.9 Å². The molecule has 0 fully saturated rings. The van der Waals surface area contributed by atoms with Crippen molar-refractivity contribution in [3.63, 3.8) is 0 Å². The number of hydrogen-bond donors (Lipinski definition) is 3. The molecule has 0 amide bonds. The first-order valence-corrected chi connectivity index (χ1v) is 6.89. The fourth-order valence-electron chi connectivity index (χ4n) is 2.50. The number of fused-ring (bicyclic) bond motifs is 1. The minimum absolute atomic E-state index is 0.0469. The normalized spacial score (nSPS) is 10.8. The second-order valence-corrected chi connectivity index (χ2v) is 5.01. The highest BCUT2D eigenvalue weighted by atomic mass is 16.5. The second-order valence-electron chi connectivity index (χ2n) is 5.01. The molecular formula is C17H14O7. The molecule has 24 heavy (non-hydrogen) atoms. The van der Waals surface area contributed by atoms with Gasteiger partial charge >= 0.3 is 0 Å². The number of ether oxygens (including phenoxy) is 2. The minimum atomic E-state index is -0.576. The van der Waals surface area contributed by atoms with Crippen LogP contribution in [0, 0.1) is 0 Å². The summed E-state index contributed by atoms with van der Waals surface area (Å²) < 4.78 is 15.4. The van der Waals surface area contributed by atoms with Crippen molar-refractivity contribution in [3.8, 4) is 39.9 Å². The van der Waals surface area contributed by atoms with Crippen LogP contribution in [0.1, 0.15) is 0 Å². The molecule has 124 valence electrons. The lowest BCUT2D eigenvalue weighted by atomic mass is 10.0. The molecule has 0 aliphatic carbocycles. The Morgan fingerprint density at radius 2 is 1.67 bits per heavy atom. The van der Waals surface area contributed by atoms with E-state index in [1.54, 1.807) is 6.07 Å². The largest absolute Gasteiger partial charge is 0.507 e. The Morgan fingerprint density at radius 1 is 0.917 bits per heavy atom. The summed E-state index contributed by atoms with van der Waals surface area (Å²) in [7, 11) is 2.75. The molecule has 3 rings (SSSR count). The lowest BCUT2D eigenvalue weighted by Crippen LogP contribution is -2.06. The molecule has 1 aromatic heterocycles. The van der Waals surface area contributed by atoms with Crippen LogP contribution in [-0.4, -0.2) is 29.5 Å². The first-order chi connectivity index (χ1) is 11.5. The van der Waals surface area contributed by atoms with Crippen molar-refractivity contribution in [2.45, 2.75) is 0 Å². The first kappa shape index (κ1) is 15.5. The van der Waals surface area contributed by atoms with E-state index in [9.17, 15) is 20.1 Å². The summed E-state index contributed by atoms with van der Waals surface area (Å²) in [5.41, 5.74) is -0.396. The van der Waals surface area contributed by atoms with Crippen LogP contribution in [0.4, 0.5) is 0 Å². The van der Waals surface area contributed by atoms with Gasteiger partial charge in [-0.3, -0.25) is 4.79 Å². The predicted molar refractivity (Wildman–Crippen MR) is 86.0 cm³/mol. The summed E-state index contributed by atoms with van der Waals surface area (Å²) in [4.78, 5) is 12.7. The molecule has 0 atom stereocenters. The Balaban J connectivity index is 2.33. The maximum atomic E-state index is 12.7. The third-order valence-corrected chi connectivity index (χ3v) is 3.66. The van der Waals surface area contributed by atoms with Gasteiger partial charge in [-0.2, -0.15) is 0 Å². The maximum absolute atomic E-state index is 12.7. The summed E-state index contributed by atoms with van der Waals surface area (Å²) in [5.74, 6) is -0.620. The van der Waals surface area contributed by atoms with Gasteiger partial charge in [-0.05, 0) is 12.1 Å². The fourth-order valence-corrected chi connectivity index (χ4v) is 2.50. The Hall–Kier alpha value is -3.35. The van der Waals surface area contributed by atoms with E-state index < -0.39 is 11.2 Å². The average Bonchev–Trinajstić information content (AvgIpc) is 2.55. The Morgan fingerprint density at radius 3 is 2.29 bits per heavy atom. The number of methoxy groups -OCH3 is 2. The highest BCUT2D eigenvalue weighted by Gasteiger charge is 2.20. The monoisotopic (exact) mass is 330 g/mol. The zero-order valence-corrected chi connectivity index (χ0v) is 12.9. The zero-order valence-electron chi connectivity index (χ0n) is 12.9. The molecule has 0 saturated heterocycles. The van der Waals surface area contributed by atoms with Crippen LogP contribution >= 0.6 is 0 Å². The van der Waals surface area contributed by atoms with Gasteiger partial charge in [0.1, 0.15) is 28.9 Å². The lowest BCUT2D eigenvalue weighted by Gasteiger charge is -2.10. The van der Waals surface area contributed by atoms with Crippen molar-refractivity contribution in [2.24, 2.45) is 0 Å². The van der Waals surface area contributed by atoms with Gasteiger partial charge in [0.15, 0.2) is 11.3 Å². The predicted octanol–water partition coefficient (Wildman–Crippen LogP) is 2.59. The molecule has 0 spiro atoms. The van der Waals surface area contributed by atoms with Crippen molar-refractivity contribution in [1.82, 2.24) is 0 Å². The van der Waals surface area contributed by atoms with Crippen LogP contribution in [0.5, 0.6) is 28.7 Å². The van der Waals surface area contributed by atoms with Crippen molar-refractivity contribution in [1.29, 1.82) is 0 Å². The van der Waals surface area contributed by atoms with E-state index in [-0.39, 0.29) is 39.3 Å². The molecule has 0 saturated carbocycles. The van der Waals surface area contributed by atoms with Gasteiger partial charge in [-0.1, -0.05) is 0 Å². The van der Waals surface area contributed by atoms with Crippen LogP contribution in [0.2, 0.25) is 0 Å². The molecular weight excluding hydrogens is 316 g/mol. The van der Waals surface area contributed by atoms with Crippen molar-refractivity contribution in [3.05, 3.63) is 40.8 Å². The zero-order chi connectivity index (χ0) is 17.4. The third kappa shape index (κ3) is 2.26. The lowest BCUT2D eigenvalue weighted by molar-refractivity contribution is 0.367. The summed E-state index contributed by atoms with van der Waals surface area (Å²) in [6.45, 7) is 0. The quantitative estimate of drug-likeness (QED) is 0.677. The van der Waals surface area contributed by atoms with Crippen LogP contribution in [0.15, 0.2) is 39.7 Å². The van der Waals surface area contributed by atoms with E-state index >= 15 is 0 Å². The van der Waals surface area contributed by atoms with Crippen molar-refractivity contribution < 1.29 is 29.2 Å². The molecule has 2 aromatic carbocycles. The fraction of sp³-hybridized carbons (Fsp3) is 0.118. The van der Waals surface area contributed by atoms with Gasteiger partial charge in [-0.25, -0.2) is 0 Å². The highest BCUT2D eigenvalue weighted by Crippen LogP contribution is 2.40. The van der Waals surface area contributed by atoms with Gasteiger partial charge in [-0.15, -0.1) is 0 Å². The van der Waals surface area contributed by atoms with Crippen LogP contribution in [0.3, 0.4) is 0 Å². The Labute approximate surface area is 135 Å². The molecule has 3 N–H and O–H groups in total. The summed E-state index contributed by atoms with van der Waals surface area (Å²) >= 11 is 0. The second kappa shape index (κ2) is 5.69. The highest BCUT2D eigenvalue weighted by molar-refractivity contribution is 5.93. The molecule has 0 bridgehead atoms. The molecule has 0 radical (unpaired) electrons. The van der Waals surface area contributed by atoms with Gasteiger partial charge in [0, 0.05) is 17.7 Å². The molecule has 0 aliphatic rings. The Kier molecular flexibility index (Phi) is 3.69. The van der Waals surface area contributed by atoms with E-state index in [4.69, 9.17) is 13.9 Å². The Bertz CT molecular complexity index is 988. The molecule has 7 heteroatoms. The number of phenols is 3. The number of rotatable bonds is 3. The van der Waals surface area contributed by atoms with Gasteiger partial charge in [0.05, 0.1) is 19.8 Å². The number of aromatic hydroxyl groups is 3. The SMILES string of the molecule is COc1ccc(-c2coc3c(OC)c(O)cc(O)c3c2=O)c(O)c1. The molecule has 3 aromatic rings. The summed E-state index contributed by atoms with van der Waals surface area (Å²) in [6, 6.07) is 5.43. The van der Waals surface area contributed by atoms with E-state index in [0.717, 1.165) is 12.3 Å². The van der Waals surface area contributed by atoms with E-state index in [1.807, 2.05) is 0 Å². The topological polar surface area (TPSA) is 109 Å². The van der Waals surface area contributed by atoms with Gasteiger partial charge < -0.3 is 29.2 Å². The standard InChI is InChI=1S/C17H14O7/c1-22-8-3-4-9(11(18)5-8)10-7-24-17-14(15(10)21)12(19)6-13(20)16(17)23-2/h3-7,18-20H,1-2H3. The number of benzene rings is 2. The van der Waals surface area contributed by atoms with Crippen molar-refractivity contribution in [2.75, 3.05) is 14.2 Å². The summed E-state index contributed by atoms with van der Waals surface area (Å²) in [5, 5.41) is 29.7. The average molecular weight is 330 g/mol. The van der Waals surface area contributed by atoms with Crippen LogP contribution in [0.25, 0.3) is 22.1 Å². The van der Waals surface area contributed by atoms with Gasteiger partial charge in [0.25, 0.3) is 0 Å². The third-order valence-electron chi connectivity index (χ3n) is 3.66. The first-order valence-electron chi connectivity index (χ1n) is 6.89. The smallest absolute Gasteiger partial charge is 0.204 e. The molecule has 0 aliphatic heterocycles. The minimum Gasteiger partial charge on any atom is -0.507 e.